The van der Waals surface area contributed by atoms with E-state index in [4.69, 9.17) is 14.6 Å². The number of carbonyl (C=O) groups is 2. The van der Waals surface area contributed by atoms with Crippen molar-refractivity contribution in [3.8, 4) is 11.5 Å². The lowest BCUT2D eigenvalue weighted by Crippen LogP contribution is -2.55. The van der Waals surface area contributed by atoms with E-state index in [0.29, 0.717) is 40.7 Å². The molecular formula is C23H30N2O7. The van der Waals surface area contributed by atoms with Crippen LogP contribution in [0, 0.1) is 5.92 Å². The molecule has 9 nitrogen and oxygen atoms in total. The van der Waals surface area contributed by atoms with Gasteiger partial charge in [0.05, 0.1) is 32.3 Å². The maximum Gasteiger partial charge on any atom is 0.247 e. The lowest BCUT2D eigenvalue weighted by molar-refractivity contribution is -0.135. The molecular weight excluding hydrogens is 416 g/mol. The molecule has 2 amide bonds. The van der Waals surface area contributed by atoms with Crippen molar-refractivity contribution >= 4 is 11.8 Å². The van der Waals surface area contributed by atoms with Gasteiger partial charge in [-0.15, -0.1) is 0 Å². The summed E-state index contributed by atoms with van der Waals surface area (Å²) in [7, 11) is 1.49. The molecule has 1 aliphatic heterocycles. The van der Waals surface area contributed by atoms with Gasteiger partial charge in [0.2, 0.25) is 11.8 Å². The second kappa shape index (κ2) is 9.09. The van der Waals surface area contributed by atoms with Crippen LogP contribution in [-0.4, -0.2) is 77.1 Å². The molecule has 4 rings (SSSR count). The largest absolute Gasteiger partial charge is 0.493 e. The van der Waals surface area contributed by atoms with E-state index in [-0.39, 0.29) is 25.7 Å². The van der Waals surface area contributed by atoms with Gasteiger partial charge < -0.3 is 35.0 Å². The third kappa shape index (κ3) is 4.07. The molecule has 4 unspecified atom stereocenters. The highest BCUT2D eigenvalue weighted by Crippen LogP contribution is 2.51. The Morgan fingerprint density at radius 1 is 1.28 bits per heavy atom. The van der Waals surface area contributed by atoms with Gasteiger partial charge in [-0.1, -0.05) is 0 Å². The smallest absolute Gasteiger partial charge is 0.247 e. The van der Waals surface area contributed by atoms with Crippen LogP contribution in [0.1, 0.15) is 36.8 Å². The Balaban J connectivity index is 1.79. The zero-order valence-electron chi connectivity index (χ0n) is 18.3. The highest BCUT2D eigenvalue weighted by Gasteiger charge is 2.51. The van der Waals surface area contributed by atoms with E-state index in [2.05, 4.69) is 5.32 Å². The van der Waals surface area contributed by atoms with Crippen LogP contribution in [-0.2, 0) is 16.2 Å². The zero-order valence-corrected chi connectivity index (χ0v) is 18.3. The van der Waals surface area contributed by atoms with Crippen LogP contribution in [0.5, 0.6) is 11.5 Å². The predicted molar refractivity (Wildman–Crippen MR) is 114 cm³/mol. The van der Waals surface area contributed by atoms with Gasteiger partial charge in [-0.2, -0.15) is 0 Å². The van der Waals surface area contributed by atoms with Crippen molar-refractivity contribution in [3.63, 3.8) is 0 Å². The van der Waals surface area contributed by atoms with Crippen LogP contribution < -0.4 is 14.8 Å². The number of fused-ring (bicyclic) bond motifs is 3. The molecule has 9 heteroatoms. The van der Waals surface area contributed by atoms with E-state index in [1.165, 1.54) is 14.0 Å². The van der Waals surface area contributed by atoms with Gasteiger partial charge in [0.1, 0.15) is 12.2 Å². The monoisotopic (exact) mass is 446 g/mol. The van der Waals surface area contributed by atoms with Crippen LogP contribution in [0.3, 0.4) is 0 Å². The molecule has 174 valence electrons. The van der Waals surface area contributed by atoms with E-state index in [1.807, 2.05) is 0 Å². The normalized spacial score (nSPS) is 25.8. The lowest BCUT2D eigenvalue weighted by atomic mass is 9.77. The topological polar surface area (TPSA) is 129 Å². The summed E-state index contributed by atoms with van der Waals surface area (Å²) in [5.74, 6) is 0.0352. The molecule has 4 N–H and O–H groups in total. The zero-order chi connectivity index (χ0) is 23.0. The number of aliphatic hydroxyl groups is 3. The van der Waals surface area contributed by atoms with E-state index in [9.17, 15) is 19.8 Å². The Morgan fingerprint density at radius 2 is 2.03 bits per heavy atom. The molecule has 1 saturated carbocycles. The number of nitrogens with one attached hydrogen (secondary N) is 1. The number of rotatable bonds is 8. The molecule has 4 atom stereocenters. The fourth-order valence-electron chi connectivity index (χ4n) is 4.66. The first-order valence-corrected chi connectivity index (χ1v) is 10.9. The van der Waals surface area contributed by atoms with Crippen LogP contribution in [0.2, 0.25) is 0 Å². The summed E-state index contributed by atoms with van der Waals surface area (Å²) >= 11 is 0. The van der Waals surface area contributed by atoms with Crippen molar-refractivity contribution in [2.24, 2.45) is 5.92 Å². The summed E-state index contributed by atoms with van der Waals surface area (Å²) in [4.78, 5) is 27.2. The number of amides is 2. The molecule has 1 aromatic carbocycles. The first-order valence-electron chi connectivity index (χ1n) is 10.9. The number of carbonyl (C=O) groups excluding carboxylic acids is 2. The average Bonchev–Trinajstić information content (AvgIpc) is 3.53. The van der Waals surface area contributed by atoms with Crippen LogP contribution in [0.4, 0.5) is 0 Å². The Kier molecular flexibility index (Phi) is 6.41. The van der Waals surface area contributed by atoms with E-state index < -0.39 is 30.1 Å². The average molecular weight is 447 g/mol. The molecule has 0 saturated heterocycles. The van der Waals surface area contributed by atoms with Gasteiger partial charge in [0.25, 0.3) is 0 Å². The molecule has 0 bridgehead atoms. The van der Waals surface area contributed by atoms with Gasteiger partial charge in [-0.25, -0.2) is 0 Å². The van der Waals surface area contributed by atoms with E-state index >= 15 is 0 Å². The van der Waals surface area contributed by atoms with Crippen LogP contribution in [0.15, 0.2) is 23.8 Å². The van der Waals surface area contributed by atoms with Crippen molar-refractivity contribution in [1.29, 1.82) is 0 Å². The minimum Gasteiger partial charge on any atom is -0.493 e. The molecule has 0 aromatic heterocycles. The summed E-state index contributed by atoms with van der Waals surface area (Å²) in [5, 5.41) is 32.8. The number of benzene rings is 1. The first kappa shape index (κ1) is 22.6. The summed E-state index contributed by atoms with van der Waals surface area (Å²) in [5.41, 5.74) is 1.59. The molecule has 1 fully saturated rings. The Hall–Kier alpha value is -2.62. The molecule has 1 aromatic rings. The Bertz CT molecular complexity index is 927. The molecule has 1 heterocycles. The number of hydrogen-bond donors (Lipinski definition) is 4. The summed E-state index contributed by atoms with van der Waals surface area (Å²) in [6, 6.07) is 2.68. The quantitative estimate of drug-likeness (QED) is 0.445. The summed E-state index contributed by atoms with van der Waals surface area (Å²) in [6.45, 7) is 1.62. The third-order valence-electron chi connectivity index (χ3n) is 6.41. The number of ether oxygens (including phenoxy) is 2. The minimum absolute atomic E-state index is 0.0764. The maximum absolute atomic E-state index is 13.1. The van der Waals surface area contributed by atoms with Crippen molar-refractivity contribution in [3.05, 3.63) is 34.9 Å². The molecule has 3 aliphatic rings. The SMILES string of the molecule is COc1cc(CO)cc2c1OC1C2C(C(=O)NCCO)=CC(N(CC2CC2)C(C)=O)C1O. The minimum atomic E-state index is -1.06. The lowest BCUT2D eigenvalue weighted by Gasteiger charge is -2.40. The van der Waals surface area contributed by atoms with Gasteiger partial charge in [-0.05, 0) is 42.5 Å². The van der Waals surface area contributed by atoms with Gasteiger partial charge in [0.15, 0.2) is 11.5 Å². The van der Waals surface area contributed by atoms with Crippen molar-refractivity contribution in [1.82, 2.24) is 10.2 Å². The first-order chi connectivity index (χ1) is 15.4. The third-order valence-corrected chi connectivity index (χ3v) is 6.41. The Morgan fingerprint density at radius 3 is 2.62 bits per heavy atom. The van der Waals surface area contributed by atoms with Gasteiger partial charge in [-0.3, -0.25) is 9.59 Å². The molecule has 0 radical (unpaired) electrons. The van der Waals surface area contributed by atoms with Gasteiger partial charge in [0, 0.05) is 31.1 Å². The van der Waals surface area contributed by atoms with Crippen LogP contribution in [0.25, 0.3) is 0 Å². The van der Waals surface area contributed by atoms with Crippen molar-refractivity contribution in [2.75, 3.05) is 26.8 Å². The number of aliphatic hydroxyl groups excluding tert-OH is 3. The predicted octanol–water partition coefficient (Wildman–Crippen LogP) is 0.0686. The number of methoxy groups -OCH3 is 1. The summed E-state index contributed by atoms with van der Waals surface area (Å²) < 4.78 is 11.6. The number of hydrogen-bond acceptors (Lipinski definition) is 7. The van der Waals surface area contributed by atoms with E-state index in [1.54, 1.807) is 23.1 Å². The molecule has 32 heavy (non-hydrogen) atoms. The molecule has 2 aliphatic carbocycles. The van der Waals surface area contributed by atoms with Crippen molar-refractivity contribution < 1.29 is 34.4 Å². The Labute approximate surface area is 186 Å². The van der Waals surface area contributed by atoms with Gasteiger partial charge >= 0.3 is 0 Å². The van der Waals surface area contributed by atoms with Crippen molar-refractivity contribution in [2.45, 2.75) is 50.5 Å². The molecule has 0 spiro atoms. The fraction of sp³-hybridized carbons (Fsp3) is 0.565. The van der Waals surface area contributed by atoms with E-state index in [0.717, 1.165) is 12.8 Å². The number of nitrogens with zero attached hydrogens (tertiary/aromatic N) is 1. The second-order valence-corrected chi connectivity index (χ2v) is 8.63. The van der Waals surface area contributed by atoms with Crippen LogP contribution >= 0.6 is 0 Å². The standard InChI is InChI=1S/C23H30N2O7/c1-12(28)25(10-13-3-4-13)17-9-16(23(30)24-5-6-26)19-15-7-14(11-27)8-18(31-2)21(15)32-22(19)20(17)29/h7-9,13,17,19-20,22,26-27,29H,3-6,10-11H2,1-2H3,(H,24,30). The maximum atomic E-state index is 13.1. The summed E-state index contributed by atoms with van der Waals surface area (Å²) in [6.07, 6.45) is 1.86. The fourth-order valence-corrected chi connectivity index (χ4v) is 4.66. The highest BCUT2D eigenvalue weighted by molar-refractivity contribution is 5.96. The highest BCUT2D eigenvalue weighted by atomic mass is 16.5. The second-order valence-electron chi connectivity index (χ2n) is 8.63.